The molecule has 0 heterocycles. The maximum atomic E-state index is 9.06. The summed E-state index contributed by atoms with van der Waals surface area (Å²) in [5.41, 5.74) is 7.52. The number of nitrogens with two attached hydrogens (primary N) is 1. The molecule has 0 saturated heterocycles. The van der Waals surface area contributed by atoms with E-state index in [9.17, 15) is 0 Å². The first-order valence-electron chi connectivity index (χ1n) is 6.42. The smallest absolute Gasteiger partial charge is 0.129 e. The number of hydrogen-bond acceptors (Lipinski definition) is 4. The Kier molecular flexibility index (Phi) is 6.77. The zero-order chi connectivity index (χ0) is 14.3. The van der Waals surface area contributed by atoms with Gasteiger partial charge in [0, 0.05) is 13.1 Å². The minimum atomic E-state index is 0.169. The van der Waals surface area contributed by atoms with Crippen molar-refractivity contribution in [3.63, 3.8) is 0 Å². The zero-order valence-corrected chi connectivity index (χ0v) is 12.4. The third-order valence-electron chi connectivity index (χ3n) is 2.89. The van der Waals surface area contributed by atoms with E-state index in [1.165, 1.54) is 0 Å². The third-order valence-corrected chi connectivity index (χ3v) is 3.11. The van der Waals surface area contributed by atoms with Crippen molar-refractivity contribution in [3.8, 4) is 5.75 Å². The van der Waals surface area contributed by atoms with Gasteiger partial charge in [0.05, 0.1) is 19.3 Å². The van der Waals surface area contributed by atoms with E-state index in [4.69, 9.17) is 27.8 Å². The number of nitrogens with zero attached hydrogens (tertiary/aromatic N) is 1. The predicted molar refractivity (Wildman–Crippen MR) is 81.5 cm³/mol. The fourth-order valence-corrected chi connectivity index (χ4v) is 2.19. The van der Waals surface area contributed by atoms with Crippen LogP contribution in [-0.4, -0.2) is 41.8 Å². The van der Waals surface area contributed by atoms with Crippen LogP contribution in [0.1, 0.15) is 24.5 Å². The molecule has 4 nitrogen and oxygen atoms in total. The minimum absolute atomic E-state index is 0.169. The standard InChI is InChI=1S/C14H22N2O2S/c1-3-6-16(7-8-17)10-11-4-5-12(14(15)19)13(9-11)18-2/h4-5,9,17H,3,6-8,10H2,1-2H3,(H2,15,19). The van der Waals surface area contributed by atoms with Crippen LogP contribution in [0.15, 0.2) is 18.2 Å². The Labute approximate surface area is 120 Å². The Morgan fingerprint density at radius 1 is 1.42 bits per heavy atom. The van der Waals surface area contributed by atoms with Crippen molar-refractivity contribution in [3.05, 3.63) is 29.3 Å². The summed E-state index contributed by atoms with van der Waals surface area (Å²) in [5, 5.41) is 9.06. The topological polar surface area (TPSA) is 58.7 Å². The lowest BCUT2D eigenvalue weighted by atomic mass is 10.1. The van der Waals surface area contributed by atoms with Crippen molar-refractivity contribution in [1.82, 2.24) is 4.90 Å². The van der Waals surface area contributed by atoms with Crippen LogP contribution in [-0.2, 0) is 6.54 Å². The van der Waals surface area contributed by atoms with Gasteiger partial charge >= 0.3 is 0 Å². The fourth-order valence-electron chi connectivity index (χ4n) is 2.02. The molecule has 0 spiro atoms. The van der Waals surface area contributed by atoms with E-state index in [-0.39, 0.29) is 6.61 Å². The van der Waals surface area contributed by atoms with Crippen LogP contribution in [0.2, 0.25) is 0 Å². The lowest BCUT2D eigenvalue weighted by Gasteiger charge is -2.21. The van der Waals surface area contributed by atoms with Gasteiger partial charge in [-0.05, 0) is 30.7 Å². The Hall–Kier alpha value is -1.17. The molecule has 1 aromatic carbocycles. The van der Waals surface area contributed by atoms with Gasteiger partial charge in [0.2, 0.25) is 0 Å². The summed E-state index contributed by atoms with van der Waals surface area (Å²) in [7, 11) is 1.61. The van der Waals surface area contributed by atoms with Crippen LogP contribution in [0.5, 0.6) is 5.75 Å². The second-order valence-corrected chi connectivity index (χ2v) is 4.84. The van der Waals surface area contributed by atoms with Crippen molar-refractivity contribution in [1.29, 1.82) is 0 Å². The van der Waals surface area contributed by atoms with E-state index in [1.54, 1.807) is 7.11 Å². The molecule has 0 aliphatic heterocycles. The molecule has 0 aliphatic rings. The highest BCUT2D eigenvalue weighted by Gasteiger charge is 2.09. The third kappa shape index (κ3) is 4.78. The first kappa shape index (κ1) is 15.9. The Morgan fingerprint density at radius 2 is 2.16 bits per heavy atom. The first-order chi connectivity index (χ1) is 9.12. The molecule has 106 valence electrons. The molecule has 1 rings (SSSR count). The van der Waals surface area contributed by atoms with Crippen molar-refractivity contribution in [2.24, 2.45) is 5.73 Å². The van der Waals surface area contributed by atoms with Crippen molar-refractivity contribution < 1.29 is 9.84 Å². The molecule has 1 aromatic rings. The van der Waals surface area contributed by atoms with E-state index >= 15 is 0 Å². The number of aliphatic hydroxyl groups excluding tert-OH is 1. The Bertz CT molecular complexity index is 418. The highest BCUT2D eigenvalue weighted by molar-refractivity contribution is 7.80. The van der Waals surface area contributed by atoms with E-state index in [0.29, 0.717) is 17.3 Å². The lowest BCUT2D eigenvalue weighted by molar-refractivity contribution is 0.190. The second kappa shape index (κ2) is 8.09. The van der Waals surface area contributed by atoms with Gasteiger partial charge in [-0.3, -0.25) is 4.90 Å². The molecule has 5 heteroatoms. The normalized spacial score (nSPS) is 10.7. The van der Waals surface area contributed by atoms with Crippen molar-refractivity contribution in [2.45, 2.75) is 19.9 Å². The van der Waals surface area contributed by atoms with E-state index < -0.39 is 0 Å². The molecule has 0 aromatic heterocycles. The van der Waals surface area contributed by atoms with Crippen molar-refractivity contribution >= 4 is 17.2 Å². The van der Waals surface area contributed by atoms with Gasteiger partial charge in [0.15, 0.2) is 0 Å². The van der Waals surface area contributed by atoms with E-state index in [2.05, 4.69) is 11.8 Å². The van der Waals surface area contributed by atoms with Crippen molar-refractivity contribution in [2.75, 3.05) is 26.8 Å². The maximum Gasteiger partial charge on any atom is 0.129 e. The SMILES string of the molecule is CCCN(CCO)Cc1ccc(C(N)=S)c(OC)c1. The summed E-state index contributed by atoms with van der Waals surface area (Å²) in [4.78, 5) is 2.54. The highest BCUT2D eigenvalue weighted by atomic mass is 32.1. The largest absolute Gasteiger partial charge is 0.496 e. The lowest BCUT2D eigenvalue weighted by Crippen LogP contribution is -2.27. The summed E-state index contributed by atoms with van der Waals surface area (Å²) in [5.74, 6) is 0.699. The van der Waals surface area contributed by atoms with E-state index in [1.807, 2.05) is 18.2 Å². The molecule has 0 fully saturated rings. The monoisotopic (exact) mass is 282 g/mol. The number of methoxy groups -OCH3 is 1. The second-order valence-electron chi connectivity index (χ2n) is 4.40. The predicted octanol–water partition coefficient (Wildman–Crippen LogP) is 1.53. The number of rotatable bonds is 8. The number of thiocarbonyl (C=S) groups is 1. The minimum Gasteiger partial charge on any atom is -0.496 e. The molecule has 0 unspecified atom stereocenters. The van der Waals surface area contributed by atoms with Crippen LogP contribution in [0.4, 0.5) is 0 Å². The quantitative estimate of drug-likeness (QED) is 0.708. The molecule has 0 amide bonds. The molecular formula is C14H22N2O2S. The molecule has 0 radical (unpaired) electrons. The van der Waals surface area contributed by atoms with Crippen LogP contribution in [0.25, 0.3) is 0 Å². The summed E-state index contributed by atoms with van der Waals surface area (Å²) in [6.07, 6.45) is 1.06. The summed E-state index contributed by atoms with van der Waals surface area (Å²) < 4.78 is 5.31. The Morgan fingerprint density at radius 3 is 2.68 bits per heavy atom. The number of hydrogen-bond donors (Lipinski definition) is 2. The zero-order valence-electron chi connectivity index (χ0n) is 11.6. The van der Waals surface area contributed by atoms with E-state index in [0.717, 1.165) is 30.6 Å². The average molecular weight is 282 g/mol. The van der Waals surface area contributed by atoms with Gasteiger partial charge in [0.25, 0.3) is 0 Å². The summed E-state index contributed by atoms with van der Waals surface area (Å²) >= 11 is 4.98. The summed E-state index contributed by atoms with van der Waals surface area (Å²) in [6, 6.07) is 5.84. The molecule has 0 bridgehead atoms. The average Bonchev–Trinajstić information content (AvgIpc) is 2.38. The van der Waals surface area contributed by atoms with Gasteiger partial charge < -0.3 is 15.6 Å². The van der Waals surface area contributed by atoms with Crippen LogP contribution in [0.3, 0.4) is 0 Å². The van der Waals surface area contributed by atoms with Gasteiger partial charge in [-0.25, -0.2) is 0 Å². The van der Waals surface area contributed by atoms with Gasteiger partial charge in [-0.2, -0.15) is 0 Å². The van der Waals surface area contributed by atoms with Crippen LogP contribution in [0, 0.1) is 0 Å². The van der Waals surface area contributed by atoms with Gasteiger partial charge in [0.1, 0.15) is 10.7 Å². The molecule has 0 saturated carbocycles. The number of benzene rings is 1. The van der Waals surface area contributed by atoms with Gasteiger partial charge in [-0.15, -0.1) is 0 Å². The highest BCUT2D eigenvalue weighted by Crippen LogP contribution is 2.21. The molecule has 19 heavy (non-hydrogen) atoms. The maximum absolute atomic E-state index is 9.06. The van der Waals surface area contributed by atoms with Gasteiger partial charge in [-0.1, -0.05) is 25.2 Å². The molecule has 0 aliphatic carbocycles. The molecule has 0 atom stereocenters. The van der Waals surface area contributed by atoms with Crippen LogP contribution >= 0.6 is 12.2 Å². The molecular weight excluding hydrogens is 260 g/mol. The number of aliphatic hydroxyl groups is 1. The van der Waals surface area contributed by atoms with Crippen LogP contribution < -0.4 is 10.5 Å². The fraction of sp³-hybridized carbons (Fsp3) is 0.500. The Balaban J connectivity index is 2.86. The molecule has 3 N–H and O–H groups in total. The summed E-state index contributed by atoms with van der Waals surface area (Å²) in [6.45, 7) is 4.71. The first-order valence-corrected chi connectivity index (χ1v) is 6.83. The number of ether oxygens (including phenoxy) is 1.